The number of nitrogens with zero attached hydrogens (tertiary/aromatic N) is 1. The summed E-state index contributed by atoms with van der Waals surface area (Å²) in [5.74, 6) is 0. The van der Waals surface area contributed by atoms with E-state index in [1.165, 1.54) is 24.4 Å². The summed E-state index contributed by atoms with van der Waals surface area (Å²) < 4.78 is 38.4. The first-order chi connectivity index (χ1) is 9.88. The Hall–Kier alpha value is -2.30. The van der Waals surface area contributed by atoms with E-state index in [9.17, 15) is 13.2 Å². The molecule has 0 saturated carbocycles. The summed E-state index contributed by atoms with van der Waals surface area (Å²) in [5.41, 5.74) is 4.66. The van der Waals surface area contributed by atoms with E-state index in [0.717, 1.165) is 22.8 Å². The molecular weight excluding hydrogens is 277 g/mol. The van der Waals surface area contributed by atoms with Crippen LogP contribution in [0.4, 0.5) is 18.9 Å². The van der Waals surface area contributed by atoms with Gasteiger partial charge < -0.3 is 0 Å². The van der Waals surface area contributed by atoms with Gasteiger partial charge in [0.1, 0.15) is 0 Å². The maximum absolute atomic E-state index is 12.8. The van der Waals surface area contributed by atoms with Crippen LogP contribution < -0.4 is 5.43 Å². The highest BCUT2D eigenvalue weighted by atomic mass is 19.4. The molecule has 1 N–H and O–H groups in total. The number of benzene rings is 2. The molecule has 110 valence electrons. The van der Waals surface area contributed by atoms with Gasteiger partial charge in [0.15, 0.2) is 0 Å². The lowest BCUT2D eigenvalue weighted by atomic mass is 10.1. The summed E-state index contributed by atoms with van der Waals surface area (Å²) in [5, 5.41) is 3.90. The molecule has 0 aromatic heterocycles. The Labute approximate surface area is 121 Å². The van der Waals surface area contributed by atoms with Gasteiger partial charge in [0.05, 0.1) is 17.5 Å². The third-order valence-electron chi connectivity index (χ3n) is 3.05. The summed E-state index contributed by atoms with van der Waals surface area (Å²) in [6, 6.07) is 11.1. The van der Waals surface area contributed by atoms with Gasteiger partial charge in [0.2, 0.25) is 0 Å². The topological polar surface area (TPSA) is 24.4 Å². The van der Waals surface area contributed by atoms with Gasteiger partial charge in [-0.05, 0) is 37.1 Å². The number of alkyl halides is 3. The molecule has 0 atom stereocenters. The molecule has 2 aromatic rings. The van der Waals surface area contributed by atoms with E-state index in [-0.39, 0.29) is 5.69 Å². The zero-order valence-electron chi connectivity index (χ0n) is 11.7. The van der Waals surface area contributed by atoms with Crippen LogP contribution in [0.3, 0.4) is 0 Å². The van der Waals surface area contributed by atoms with E-state index in [1.54, 1.807) is 0 Å². The summed E-state index contributed by atoms with van der Waals surface area (Å²) >= 11 is 0. The number of halogens is 3. The Morgan fingerprint density at radius 2 is 1.76 bits per heavy atom. The molecule has 0 bridgehead atoms. The van der Waals surface area contributed by atoms with Crippen LogP contribution >= 0.6 is 0 Å². The zero-order valence-corrected chi connectivity index (χ0v) is 11.7. The molecule has 0 radical (unpaired) electrons. The Morgan fingerprint density at radius 1 is 1.05 bits per heavy atom. The molecule has 0 unspecified atom stereocenters. The number of anilines is 1. The highest BCUT2D eigenvalue weighted by molar-refractivity contribution is 5.82. The van der Waals surface area contributed by atoms with E-state index < -0.39 is 11.7 Å². The quantitative estimate of drug-likeness (QED) is 0.639. The zero-order chi connectivity index (χ0) is 15.5. The molecule has 2 rings (SSSR count). The fraction of sp³-hybridized carbons (Fsp3) is 0.188. The lowest BCUT2D eigenvalue weighted by Crippen LogP contribution is -2.08. The van der Waals surface area contributed by atoms with Gasteiger partial charge in [0.25, 0.3) is 0 Å². The Bertz CT molecular complexity index is 661. The van der Waals surface area contributed by atoms with Crippen molar-refractivity contribution in [2.24, 2.45) is 5.10 Å². The molecule has 0 amide bonds. The number of aryl methyl sites for hydroxylation is 2. The van der Waals surface area contributed by atoms with E-state index in [1.807, 2.05) is 32.0 Å². The summed E-state index contributed by atoms with van der Waals surface area (Å²) in [6.07, 6.45) is -2.89. The molecule has 0 saturated heterocycles. The minimum atomic E-state index is -4.40. The smallest absolute Gasteiger partial charge is 0.278 e. The third-order valence-corrected chi connectivity index (χ3v) is 3.05. The largest absolute Gasteiger partial charge is 0.418 e. The van der Waals surface area contributed by atoms with Crippen molar-refractivity contribution >= 4 is 11.9 Å². The molecule has 0 aliphatic carbocycles. The standard InChI is InChI=1S/C16H15F3N2/c1-11-7-8-13(12(2)9-11)10-20-21-15-6-4-3-5-14(15)16(17,18)19/h3-10,21H,1-2H3/b20-10-. The second-order valence-corrected chi connectivity index (χ2v) is 4.77. The fourth-order valence-electron chi connectivity index (χ4n) is 1.97. The van der Waals surface area contributed by atoms with Crippen molar-refractivity contribution in [3.63, 3.8) is 0 Å². The van der Waals surface area contributed by atoms with Crippen molar-refractivity contribution in [3.8, 4) is 0 Å². The van der Waals surface area contributed by atoms with E-state index in [2.05, 4.69) is 10.5 Å². The van der Waals surface area contributed by atoms with Gasteiger partial charge >= 0.3 is 6.18 Å². The Morgan fingerprint density at radius 3 is 2.43 bits per heavy atom. The second-order valence-electron chi connectivity index (χ2n) is 4.77. The highest BCUT2D eigenvalue weighted by Crippen LogP contribution is 2.34. The third kappa shape index (κ3) is 3.84. The lowest BCUT2D eigenvalue weighted by molar-refractivity contribution is -0.136. The first-order valence-corrected chi connectivity index (χ1v) is 6.40. The molecule has 5 heteroatoms. The number of hydrogen-bond acceptors (Lipinski definition) is 2. The lowest BCUT2D eigenvalue weighted by Gasteiger charge is -2.11. The van der Waals surface area contributed by atoms with Crippen molar-refractivity contribution in [2.45, 2.75) is 20.0 Å². The van der Waals surface area contributed by atoms with Gasteiger partial charge in [-0.15, -0.1) is 0 Å². The number of hydrazone groups is 1. The van der Waals surface area contributed by atoms with Gasteiger partial charge in [-0.25, -0.2) is 0 Å². The molecule has 0 heterocycles. The molecule has 2 nitrogen and oxygen atoms in total. The van der Waals surface area contributed by atoms with Crippen molar-refractivity contribution in [3.05, 3.63) is 64.7 Å². The summed E-state index contributed by atoms with van der Waals surface area (Å²) in [4.78, 5) is 0. The summed E-state index contributed by atoms with van der Waals surface area (Å²) in [6.45, 7) is 3.91. The van der Waals surface area contributed by atoms with Crippen molar-refractivity contribution in [1.82, 2.24) is 0 Å². The predicted molar refractivity (Wildman–Crippen MR) is 78.6 cm³/mol. The van der Waals surface area contributed by atoms with Gasteiger partial charge in [0, 0.05) is 0 Å². The predicted octanol–water partition coefficient (Wildman–Crippen LogP) is 4.77. The van der Waals surface area contributed by atoms with Crippen molar-refractivity contribution in [1.29, 1.82) is 0 Å². The number of nitrogens with one attached hydrogen (secondary N) is 1. The fourth-order valence-corrected chi connectivity index (χ4v) is 1.97. The van der Waals surface area contributed by atoms with Crippen LogP contribution in [0, 0.1) is 13.8 Å². The van der Waals surface area contributed by atoms with E-state index in [4.69, 9.17) is 0 Å². The van der Waals surface area contributed by atoms with Crippen LogP contribution in [-0.4, -0.2) is 6.21 Å². The average Bonchev–Trinajstić information content (AvgIpc) is 2.41. The van der Waals surface area contributed by atoms with Gasteiger partial charge in [-0.2, -0.15) is 18.3 Å². The second kappa shape index (κ2) is 5.99. The minimum Gasteiger partial charge on any atom is -0.278 e. The first kappa shape index (κ1) is 15.1. The van der Waals surface area contributed by atoms with Gasteiger partial charge in [-0.3, -0.25) is 5.43 Å². The number of hydrogen-bond donors (Lipinski definition) is 1. The number of para-hydroxylation sites is 1. The summed E-state index contributed by atoms with van der Waals surface area (Å²) in [7, 11) is 0. The van der Waals surface area contributed by atoms with Crippen LogP contribution in [0.25, 0.3) is 0 Å². The van der Waals surface area contributed by atoms with Crippen LogP contribution in [-0.2, 0) is 6.18 Å². The van der Waals surface area contributed by atoms with Crippen molar-refractivity contribution < 1.29 is 13.2 Å². The molecule has 0 aliphatic rings. The van der Waals surface area contributed by atoms with Crippen molar-refractivity contribution in [2.75, 3.05) is 5.43 Å². The SMILES string of the molecule is Cc1ccc(/C=N\Nc2ccccc2C(F)(F)F)c(C)c1. The van der Waals surface area contributed by atoms with Crippen LogP contribution in [0.5, 0.6) is 0 Å². The van der Waals surface area contributed by atoms with Crippen LogP contribution in [0.1, 0.15) is 22.3 Å². The minimum absolute atomic E-state index is 0.0639. The first-order valence-electron chi connectivity index (χ1n) is 6.40. The normalized spacial score (nSPS) is 11.9. The highest BCUT2D eigenvalue weighted by Gasteiger charge is 2.33. The Balaban J connectivity index is 2.18. The maximum atomic E-state index is 12.8. The monoisotopic (exact) mass is 292 g/mol. The average molecular weight is 292 g/mol. The van der Waals surface area contributed by atoms with Crippen LogP contribution in [0.2, 0.25) is 0 Å². The number of rotatable bonds is 3. The molecule has 2 aromatic carbocycles. The molecular formula is C16H15F3N2. The molecule has 0 aliphatic heterocycles. The molecule has 21 heavy (non-hydrogen) atoms. The van der Waals surface area contributed by atoms with E-state index in [0.29, 0.717) is 0 Å². The van der Waals surface area contributed by atoms with E-state index >= 15 is 0 Å². The maximum Gasteiger partial charge on any atom is 0.418 e. The van der Waals surface area contributed by atoms with Crippen LogP contribution in [0.15, 0.2) is 47.6 Å². The Kier molecular flexibility index (Phi) is 4.31. The molecule has 0 fully saturated rings. The van der Waals surface area contributed by atoms with Gasteiger partial charge in [-0.1, -0.05) is 35.9 Å². The molecule has 0 spiro atoms.